The summed E-state index contributed by atoms with van der Waals surface area (Å²) in [4.78, 5) is 38.3. The monoisotopic (exact) mass is 436 g/mol. The van der Waals surface area contributed by atoms with Gasteiger partial charge in [0.15, 0.2) is 0 Å². The van der Waals surface area contributed by atoms with E-state index in [0.29, 0.717) is 17.4 Å². The third-order valence-corrected chi connectivity index (χ3v) is 4.91. The van der Waals surface area contributed by atoms with Crippen LogP contribution in [0.15, 0.2) is 42.5 Å². The van der Waals surface area contributed by atoms with Gasteiger partial charge in [0.1, 0.15) is 5.69 Å². The Hall–Kier alpha value is -3.63. The summed E-state index contributed by atoms with van der Waals surface area (Å²) in [5, 5.41) is 14.1. The minimum Gasteiger partial charge on any atom is -0.360 e. The quantitative estimate of drug-likeness (QED) is 0.581. The summed E-state index contributed by atoms with van der Waals surface area (Å²) >= 11 is 0. The number of nitrogens with one attached hydrogen (secondary N) is 1. The standard InChI is InChI=1S/C20H19F3N4O4/c1-12-9-18(28)24-14-5-3-4-6-15(14)26(12)19(29)11-25(2)16-8-7-13(20(21,22)23)10-17(16)27(30)31/h3-8,10,12H,9,11H2,1-2H3,(H,24,28)/t12-/m0/s1. The highest BCUT2D eigenvalue weighted by Gasteiger charge is 2.34. The van der Waals surface area contributed by atoms with Crippen LogP contribution in [-0.2, 0) is 15.8 Å². The Kier molecular flexibility index (Phi) is 5.87. The Labute approximate surface area is 175 Å². The molecule has 3 rings (SSSR count). The Bertz CT molecular complexity index is 1040. The van der Waals surface area contributed by atoms with Gasteiger partial charge in [-0.3, -0.25) is 19.7 Å². The first-order valence-corrected chi connectivity index (χ1v) is 9.26. The Balaban J connectivity index is 1.92. The van der Waals surface area contributed by atoms with Gasteiger partial charge in [-0.25, -0.2) is 0 Å². The summed E-state index contributed by atoms with van der Waals surface area (Å²) in [5.74, 6) is -0.727. The molecule has 0 spiro atoms. The number of nitro benzene ring substituents is 1. The molecule has 164 valence electrons. The number of hydrogen-bond acceptors (Lipinski definition) is 5. The number of nitro groups is 1. The van der Waals surface area contributed by atoms with Gasteiger partial charge in [-0.2, -0.15) is 13.2 Å². The second-order valence-electron chi connectivity index (χ2n) is 7.20. The van der Waals surface area contributed by atoms with E-state index in [9.17, 15) is 32.9 Å². The van der Waals surface area contributed by atoms with Crippen LogP contribution in [0, 0.1) is 10.1 Å². The molecule has 0 aliphatic carbocycles. The average molecular weight is 436 g/mol. The number of halogens is 3. The van der Waals surface area contributed by atoms with Crippen LogP contribution in [0.25, 0.3) is 0 Å². The highest BCUT2D eigenvalue weighted by Crippen LogP contribution is 2.37. The zero-order valence-corrected chi connectivity index (χ0v) is 16.6. The summed E-state index contributed by atoms with van der Waals surface area (Å²) in [6.45, 7) is 1.35. The number of rotatable bonds is 4. The second kappa shape index (κ2) is 8.25. The predicted octanol–water partition coefficient (Wildman–Crippen LogP) is 3.81. The Morgan fingerprint density at radius 1 is 1.29 bits per heavy atom. The van der Waals surface area contributed by atoms with Gasteiger partial charge in [0.25, 0.3) is 5.69 Å². The molecule has 1 N–H and O–H groups in total. The number of alkyl halides is 3. The number of carbonyl (C=O) groups excluding carboxylic acids is 2. The molecule has 0 saturated heterocycles. The molecule has 1 atom stereocenters. The van der Waals surface area contributed by atoms with Gasteiger partial charge in [-0.15, -0.1) is 0 Å². The van der Waals surface area contributed by atoms with Gasteiger partial charge < -0.3 is 15.1 Å². The molecule has 1 aliphatic rings. The van der Waals surface area contributed by atoms with Crippen LogP contribution in [0.5, 0.6) is 0 Å². The highest BCUT2D eigenvalue weighted by molar-refractivity contribution is 6.05. The van der Waals surface area contributed by atoms with Crippen molar-refractivity contribution in [2.75, 3.05) is 28.7 Å². The lowest BCUT2D eigenvalue weighted by Gasteiger charge is -2.30. The number of benzene rings is 2. The van der Waals surface area contributed by atoms with Crippen LogP contribution in [0.4, 0.5) is 35.9 Å². The van der Waals surface area contributed by atoms with Crippen molar-refractivity contribution in [3.8, 4) is 0 Å². The van der Waals surface area contributed by atoms with Crippen molar-refractivity contribution in [1.29, 1.82) is 0 Å². The minimum absolute atomic E-state index is 0.0462. The maximum atomic E-state index is 13.1. The molecule has 11 heteroatoms. The first-order chi connectivity index (χ1) is 14.5. The Morgan fingerprint density at radius 2 is 1.97 bits per heavy atom. The summed E-state index contributed by atoms with van der Waals surface area (Å²) in [5.41, 5.74) is -1.11. The normalized spacial score (nSPS) is 16.2. The summed E-state index contributed by atoms with van der Waals surface area (Å²) < 4.78 is 38.8. The lowest BCUT2D eigenvalue weighted by atomic mass is 10.1. The highest BCUT2D eigenvalue weighted by atomic mass is 19.4. The number of hydrogen-bond donors (Lipinski definition) is 1. The Morgan fingerprint density at radius 3 is 2.61 bits per heavy atom. The van der Waals surface area contributed by atoms with E-state index in [2.05, 4.69) is 5.32 Å². The first-order valence-electron chi connectivity index (χ1n) is 9.26. The molecule has 2 aromatic rings. The third-order valence-electron chi connectivity index (χ3n) is 4.91. The summed E-state index contributed by atoms with van der Waals surface area (Å²) in [7, 11) is 1.38. The van der Waals surface area contributed by atoms with Crippen molar-refractivity contribution in [2.45, 2.75) is 25.6 Å². The molecule has 0 saturated carbocycles. The van der Waals surface area contributed by atoms with Crippen molar-refractivity contribution < 1.29 is 27.7 Å². The van der Waals surface area contributed by atoms with Crippen LogP contribution >= 0.6 is 0 Å². The van der Waals surface area contributed by atoms with E-state index in [1.807, 2.05) is 0 Å². The smallest absolute Gasteiger partial charge is 0.360 e. The molecular weight excluding hydrogens is 417 g/mol. The topological polar surface area (TPSA) is 95.8 Å². The van der Waals surface area contributed by atoms with E-state index in [0.717, 1.165) is 12.1 Å². The van der Waals surface area contributed by atoms with Crippen molar-refractivity contribution in [3.05, 3.63) is 58.1 Å². The third kappa shape index (κ3) is 4.60. The number of anilines is 3. The molecule has 2 amide bonds. The molecule has 2 aromatic carbocycles. The van der Waals surface area contributed by atoms with Crippen molar-refractivity contribution in [2.24, 2.45) is 0 Å². The number of nitrogens with zero attached hydrogens (tertiary/aromatic N) is 3. The van der Waals surface area contributed by atoms with E-state index in [-0.39, 0.29) is 24.6 Å². The van der Waals surface area contributed by atoms with Gasteiger partial charge in [-0.1, -0.05) is 12.1 Å². The molecule has 1 heterocycles. The van der Waals surface area contributed by atoms with Gasteiger partial charge in [0, 0.05) is 25.6 Å². The van der Waals surface area contributed by atoms with Crippen LogP contribution < -0.4 is 15.1 Å². The van der Waals surface area contributed by atoms with E-state index < -0.39 is 34.3 Å². The van der Waals surface area contributed by atoms with E-state index in [1.165, 1.54) is 16.8 Å². The molecule has 0 fully saturated rings. The number of carbonyl (C=O) groups is 2. The van der Waals surface area contributed by atoms with Gasteiger partial charge in [-0.05, 0) is 31.2 Å². The van der Waals surface area contributed by atoms with Gasteiger partial charge >= 0.3 is 6.18 Å². The molecule has 1 aliphatic heterocycles. The van der Waals surface area contributed by atoms with Gasteiger partial charge in [0.2, 0.25) is 11.8 Å². The van der Waals surface area contributed by atoms with Crippen LogP contribution in [0.3, 0.4) is 0 Å². The van der Waals surface area contributed by atoms with Crippen molar-refractivity contribution >= 4 is 34.6 Å². The lowest BCUT2D eigenvalue weighted by Crippen LogP contribution is -2.44. The summed E-state index contributed by atoms with van der Waals surface area (Å²) in [6, 6.07) is 8.37. The molecular formula is C20H19F3N4O4. The van der Waals surface area contributed by atoms with E-state index in [4.69, 9.17) is 0 Å². The van der Waals surface area contributed by atoms with Crippen LogP contribution in [-0.4, -0.2) is 36.4 Å². The lowest BCUT2D eigenvalue weighted by molar-refractivity contribution is -0.384. The zero-order chi connectivity index (χ0) is 22.9. The second-order valence-corrected chi connectivity index (χ2v) is 7.20. The molecule has 0 bridgehead atoms. The maximum absolute atomic E-state index is 13.1. The van der Waals surface area contributed by atoms with E-state index in [1.54, 1.807) is 31.2 Å². The zero-order valence-electron chi connectivity index (χ0n) is 16.6. The fraction of sp³-hybridized carbons (Fsp3) is 0.300. The fourth-order valence-corrected chi connectivity index (χ4v) is 3.50. The maximum Gasteiger partial charge on any atom is 0.416 e. The van der Waals surface area contributed by atoms with Crippen molar-refractivity contribution in [3.63, 3.8) is 0 Å². The van der Waals surface area contributed by atoms with Crippen LogP contribution in [0.2, 0.25) is 0 Å². The largest absolute Gasteiger partial charge is 0.416 e. The van der Waals surface area contributed by atoms with Crippen molar-refractivity contribution in [1.82, 2.24) is 0 Å². The average Bonchev–Trinajstić information content (AvgIpc) is 2.80. The van der Waals surface area contributed by atoms with E-state index >= 15 is 0 Å². The number of amides is 2. The first kappa shape index (κ1) is 22.1. The SMILES string of the molecule is C[C@H]1CC(=O)Nc2ccccc2N1C(=O)CN(C)c1ccc(C(F)(F)F)cc1[N+](=O)[O-]. The minimum atomic E-state index is -4.73. The van der Waals surface area contributed by atoms with Crippen LogP contribution in [0.1, 0.15) is 18.9 Å². The fourth-order valence-electron chi connectivity index (χ4n) is 3.50. The predicted molar refractivity (Wildman–Crippen MR) is 108 cm³/mol. The molecule has 0 unspecified atom stereocenters. The summed E-state index contributed by atoms with van der Waals surface area (Å²) in [6.07, 6.45) is -4.69. The number of fused-ring (bicyclic) bond motifs is 1. The molecule has 8 nitrogen and oxygen atoms in total. The number of likely N-dealkylation sites (N-methyl/N-ethyl adjacent to an activating group) is 1. The molecule has 0 aromatic heterocycles. The molecule has 0 radical (unpaired) electrons. The molecule has 31 heavy (non-hydrogen) atoms. The number of para-hydroxylation sites is 2. The van der Waals surface area contributed by atoms with Gasteiger partial charge in [0.05, 0.1) is 28.4 Å².